The number of hydrogen-bond acceptors (Lipinski definition) is 5. The summed E-state index contributed by atoms with van der Waals surface area (Å²) in [5.41, 5.74) is 0. The van der Waals surface area contributed by atoms with Gasteiger partial charge >= 0.3 is 0 Å². The van der Waals surface area contributed by atoms with Crippen LogP contribution in [0.15, 0.2) is 65.6 Å². The summed E-state index contributed by atoms with van der Waals surface area (Å²) in [7, 11) is -3.78. The minimum Gasteiger partial charge on any atom is -0.484 e. The van der Waals surface area contributed by atoms with Crippen LogP contribution in [0, 0.1) is 0 Å². The Morgan fingerprint density at radius 2 is 1.64 bits per heavy atom. The number of hydrogen-bond donors (Lipinski definition) is 2. The molecule has 0 spiro atoms. The lowest BCUT2D eigenvalue weighted by molar-refractivity contribution is -0.135. The molecule has 0 radical (unpaired) electrons. The zero-order valence-electron chi connectivity index (χ0n) is 13.1. The molecule has 2 atom stereocenters. The fraction of sp³-hybridized carbons (Fsp3) is 0.176. The van der Waals surface area contributed by atoms with Crippen LogP contribution < -0.4 is 15.4 Å². The average molecular weight is 360 g/mol. The predicted octanol–water partition coefficient (Wildman–Crippen LogP) is 0.480. The van der Waals surface area contributed by atoms with Crippen molar-refractivity contribution in [3.8, 4) is 5.75 Å². The lowest BCUT2D eigenvalue weighted by Crippen LogP contribution is -2.71. The smallest absolute Gasteiger partial charge is 0.258 e. The predicted molar refractivity (Wildman–Crippen MR) is 89.4 cm³/mol. The highest BCUT2D eigenvalue weighted by molar-refractivity contribution is 7.92. The molecule has 8 heteroatoms. The third-order valence-corrected chi connectivity index (χ3v) is 5.69. The normalized spacial score (nSPS) is 19.4. The fourth-order valence-corrected chi connectivity index (χ4v) is 4.04. The van der Waals surface area contributed by atoms with Gasteiger partial charge in [-0.15, -0.1) is 0 Å². The summed E-state index contributed by atoms with van der Waals surface area (Å²) in [5.74, 6) is -0.612. The second-order valence-electron chi connectivity index (χ2n) is 5.43. The summed E-state index contributed by atoms with van der Waals surface area (Å²) < 4.78 is 30.4. The monoisotopic (exact) mass is 360 g/mol. The zero-order valence-corrected chi connectivity index (χ0v) is 13.9. The molecule has 2 amide bonds. The molecule has 1 fully saturated rings. The summed E-state index contributed by atoms with van der Waals surface area (Å²) >= 11 is 0. The summed E-state index contributed by atoms with van der Waals surface area (Å²) in [5, 5.41) is 3.54. The van der Waals surface area contributed by atoms with Gasteiger partial charge in [0.1, 0.15) is 11.8 Å². The van der Waals surface area contributed by atoms with Gasteiger partial charge in [-0.05, 0) is 24.3 Å². The molecule has 1 heterocycles. The number of sulfone groups is 1. The van der Waals surface area contributed by atoms with E-state index in [4.69, 9.17) is 4.74 Å². The number of β-lactam (4-membered cyclic amide) rings is 1. The lowest BCUT2D eigenvalue weighted by atomic mass is 10.1. The Balaban J connectivity index is 1.63. The Bertz CT molecular complexity index is 868. The molecule has 2 aromatic rings. The first-order valence-electron chi connectivity index (χ1n) is 7.55. The molecule has 0 aromatic heterocycles. The first-order valence-corrected chi connectivity index (χ1v) is 9.09. The molecule has 1 aliphatic heterocycles. The number of amides is 2. The second-order valence-corrected chi connectivity index (χ2v) is 7.50. The molecule has 25 heavy (non-hydrogen) atoms. The summed E-state index contributed by atoms with van der Waals surface area (Å²) in [6.45, 7) is -0.314. The topological polar surface area (TPSA) is 102 Å². The van der Waals surface area contributed by atoms with Gasteiger partial charge in [-0.1, -0.05) is 36.4 Å². The highest BCUT2D eigenvalue weighted by Gasteiger charge is 2.49. The van der Waals surface area contributed by atoms with E-state index >= 15 is 0 Å². The molecule has 1 aliphatic rings. The SMILES string of the molecule is O=C(COc1ccccc1)N[C@H]1C(=O)N[C@@H]1S(=O)(=O)c1ccccc1. The summed E-state index contributed by atoms with van der Waals surface area (Å²) in [6.07, 6.45) is 0. The largest absolute Gasteiger partial charge is 0.484 e. The number of para-hydroxylation sites is 1. The van der Waals surface area contributed by atoms with Crippen LogP contribution >= 0.6 is 0 Å². The maximum Gasteiger partial charge on any atom is 0.258 e. The van der Waals surface area contributed by atoms with E-state index in [9.17, 15) is 18.0 Å². The number of nitrogens with one attached hydrogen (secondary N) is 2. The van der Waals surface area contributed by atoms with Crippen molar-refractivity contribution in [1.82, 2.24) is 10.6 Å². The van der Waals surface area contributed by atoms with Crippen molar-refractivity contribution < 1.29 is 22.7 Å². The van der Waals surface area contributed by atoms with Gasteiger partial charge in [0.25, 0.3) is 5.91 Å². The Labute approximate surface area is 144 Å². The van der Waals surface area contributed by atoms with E-state index in [-0.39, 0.29) is 11.5 Å². The number of rotatable bonds is 6. The van der Waals surface area contributed by atoms with E-state index in [1.807, 2.05) is 6.07 Å². The van der Waals surface area contributed by atoms with Crippen LogP contribution in [0.3, 0.4) is 0 Å². The molecule has 1 saturated heterocycles. The molecule has 2 aromatic carbocycles. The standard InChI is InChI=1S/C17H16N2O5S/c20-14(11-24-12-7-3-1-4-8-12)18-15-16(21)19-17(15)25(22,23)13-9-5-2-6-10-13/h1-10,15,17H,11H2,(H,18,20)(H,19,21)/t15-,17+/m0/s1. The van der Waals surface area contributed by atoms with Crippen molar-refractivity contribution in [2.45, 2.75) is 16.3 Å². The molecule has 130 valence electrons. The van der Waals surface area contributed by atoms with Gasteiger partial charge in [0.05, 0.1) is 4.90 Å². The van der Waals surface area contributed by atoms with Crippen molar-refractivity contribution in [3.05, 3.63) is 60.7 Å². The Kier molecular flexibility index (Phi) is 4.71. The molecular formula is C17H16N2O5S. The van der Waals surface area contributed by atoms with Gasteiger partial charge in [-0.2, -0.15) is 0 Å². The molecule has 0 unspecified atom stereocenters. The van der Waals surface area contributed by atoms with Gasteiger partial charge in [0.2, 0.25) is 15.7 Å². The molecular weight excluding hydrogens is 344 g/mol. The van der Waals surface area contributed by atoms with E-state index in [0.29, 0.717) is 5.75 Å². The van der Waals surface area contributed by atoms with Crippen LogP contribution in [0.1, 0.15) is 0 Å². The van der Waals surface area contributed by atoms with E-state index < -0.39 is 33.1 Å². The van der Waals surface area contributed by atoms with Gasteiger partial charge in [0.15, 0.2) is 12.0 Å². The number of ether oxygens (including phenoxy) is 1. The van der Waals surface area contributed by atoms with Gasteiger partial charge in [-0.3, -0.25) is 9.59 Å². The number of carbonyl (C=O) groups is 2. The van der Waals surface area contributed by atoms with E-state index in [1.165, 1.54) is 12.1 Å². The number of benzene rings is 2. The van der Waals surface area contributed by atoms with Crippen LogP contribution in [-0.4, -0.2) is 38.3 Å². The zero-order chi connectivity index (χ0) is 17.9. The first kappa shape index (κ1) is 17.0. The van der Waals surface area contributed by atoms with Gasteiger partial charge in [0, 0.05) is 0 Å². The van der Waals surface area contributed by atoms with E-state index in [1.54, 1.807) is 42.5 Å². The van der Waals surface area contributed by atoms with E-state index in [0.717, 1.165) is 0 Å². The fourth-order valence-electron chi connectivity index (χ4n) is 2.39. The molecule has 0 bridgehead atoms. The Morgan fingerprint density at radius 1 is 1.04 bits per heavy atom. The number of carbonyl (C=O) groups excluding carboxylic acids is 2. The Morgan fingerprint density at radius 3 is 2.24 bits per heavy atom. The van der Waals surface area contributed by atoms with Crippen LogP contribution in [0.4, 0.5) is 0 Å². The quantitative estimate of drug-likeness (QED) is 0.730. The lowest BCUT2D eigenvalue weighted by Gasteiger charge is -2.36. The minimum absolute atomic E-state index is 0.0831. The third-order valence-electron chi connectivity index (χ3n) is 3.71. The van der Waals surface area contributed by atoms with Crippen molar-refractivity contribution in [3.63, 3.8) is 0 Å². The average Bonchev–Trinajstić information content (AvgIpc) is 2.64. The molecule has 2 N–H and O–H groups in total. The van der Waals surface area contributed by atoms with Gasteiger partial charge < -0.3 is 15.4 Å². The first-order chi connectivity index (χ1) is 12.0. The van der Waals surface area contributed by atoms with Crippen LogP contribution in [0.5, 0.6) is 5.75 Å². The summed E-state index contributed by atoms with van der Waals surface area (Å²) in [6, 6.07) is 15.3. The molecule has 7 nitrogen and oxygen atoms in total. The van der Waals surface area contributed by atoms with Crippen LogP contribution in [0.2, 0.25) is 0 Å². The summed E-state index contributed by atoms with van der Waals surface area (Å²) in [4.78, 5) is 23.7. The van der Waals surface area contributed by atoms with Crippen molar-refractivity contribution >= 4 is 21.7 Å². The van der Waals surface area contributed by atoms with Crippen LogP contribution in [-0.2, 0) is 19.4 Å². The maximum atomic E-state index is 12.5. The van der Waals surface area contributed by atoms with E-state index in [2.05, 4.69) is 10.6 Å². The third kappa shape index (κ3) is 3.63. The highest BCUT2D eigenvalue weighted by atomic mass is 32.2. The van der Waals surface area contributed by atoms with Crippen LogP contribution in [0.25, 0.3) is 0 Å². The maximum absolute atomic E-state index is 12.5. The van der Waals surface area contributed by atoms with Crippen molar-refractivity contribution in [2.24, 2.45) is 0 Å². The highest BCUT2D eigenvalue weighted by Crippen LogP contribution is 2.21. The van der Waals surface area contributed by atoms with Crippen molar-refractivity contribution in [1.29, 1.82) is 0 Å². The van der Waals surface area contributed by atoms with Gasteiger partial charge in [-0.25, -0.2) is 8.42 Å². The van der Waals surface area contributed by atoms with Crippen molar-refractivity contribution in [2.75, 3.05) is 6.61 Å². The molecule has 0 aliphatic carbocycles. The Hall–Kier alpha value is -2.87. The second kappa shape index (κ2) is 6.94. The minimum atomic E-state index is -3.78. The molecule has 3 rings (SSSR count). The molecule has 0 saturated carbocycles.